The van der Waals surface area contributed by atoms with E-state index in [1.165, 1.54) is 11.1 Å². The molecule has 2 N–H and O–H groups in total. The van der Waals surface area contributed by atoms with Gasteiger partial charge in [-0.2, -0.15) is 0 Å². The van der Waals surface area contributed by atoms with E-state index < -0.39 is 0 Å². The van der Waals surface area contributed by atoms with Gasteiger partial charge in [0.1, 0.15) is 5.75 Å². The second-order valence-electron chi connectivity index (χ2n) is 5.73. The average molecular weight is 406 g/mol. The zero-order valence-corrected chi connectivity index (χ0v) is 16.9. The van der Waals surface area contributed by atoms with Crippen molar-refractivity contribution in [1.29, 1.82) is 0 Å². The minimum atomic E-state index is 0. The summed E-state index contributed by atoms with van der Waals surface area (Å²) in [6, 6.07) is 16.3. The average Bonchev–Trinajstić information content (AvgIpc) is 2.55. The van der Waals surface area contributed by atoms with Crippen LogP contribution >= 0.6 is 36.4 Å². The van der Waals surface area contributed by atoms with E-state index in [1.807, 2.05) is 24.3 Å². The van der Waals surface area contributed by atoms with Crippen LogP contribution in [-0.2, 0) is 13.0 Å². The summed E-state index contributed by atoms with van der Waals surface area (Å²) in [5.41, 5.74) is 8.19. The maximum atomic E-state index is 6.06. The molecule has 2 aromatic carbocycles. The van der Waals surface area contributed by atoms with Crippen LogP contribution in [0.3, 0.4) is 0 Å². The molecule has 140 valence electrons. The fourth-order valence-electron chi connectivity index (χ4n) is 2.45. The van der Waals surface area contributed by atoms with Gasteiger partial charge in [0.25, 0.3) is 0 Å². The van der Waals surface area contributed by atoms with E-state index in [0.29, 0.717) is 18.2 Å². The third-order valence-electron chi connectivity index (χ3n) is 3.69. The molecule has 2 aromatic rings. The molecule has 0 saturated heterocycles. The van der Waals surface area contributed by atoms with Crippen LogP contribution in [0.2, 0.25) is 5.02 Å². The first kappa shape index (κ1) is 24.0. The SMILES string of the molecule is CN(CCCOc1ccccc1Cl)Cc1ccc(CCN)cc1.Cl.Cl. The van der Waals surface area contributed by atoms with Crippen LogP contribution in [0.15, 0.2) is 48.5 Å². The fraction of sp³-hybridized carbons (Fsp3) is 0.368. The maximum Gasteiger partial charge on any atom is 0.137 e. The molecule has 0 radical (unpaired) electrons. The summed E-state index contributed by atoms with van der Waals surface area (Å²) in [4.78, 5) is 2.30. The summed E-state index contributed by atoms with van der Waals surface area (Å²) in [6.45, 7) is 3.29. The Labute approximate surface area is 168 Å². The summed E-state index contributed by atoms with van der Waals surface area (Å²) in [5, 5.41) is 0.665. The zero-order chi connectivity index (χ0) is 16.5. The lowest BCUT2D eigenvalue weighted by atomic mass is 10.1. The monoisotopic (exact) mass is 404 g/mol. The Kier molecular flexibility index (Phi) is 12.7. The Bertz CT molecular complexity index is 593. The number of ether oxygens (including phenoxy) is 1. The van der Waals surface area contributed by atoms with E-state index in [2.05, 4.69) is 36.2 Å². The number of nitrogens with zero attached hydrogens (tertiary/aromatic N) is 1. The smallest absolute Gasteiger partial charge is 0.137 e. The van der Waals surface area contributed by atoms with Crippen molar-refractivity contribution in [3.8, 4) is 5.75 Å². The first-order valence-corrected chi connectivity index (χ1v) is 8.40. The van der Waals surface area contributed by atoms with Crippen LogP contribution < -0.4 is 10.5 Å². The minimum Gasteiger partial charge on any atom is -0.492 e. The van der Waals surface area contributed by atoms with Crippen LogP contribution in [0, 0.1) is 0 Å². The van der Waals surface area contributed by atoms with Crippen molar-refractivity contribution in [3.63, 3.8) is 0 Å². The minimum absolute atomic E-state index is 0. The fourth-order valence-corrected chi connectivity index (χ4v) is 2.64. The topological polar surface area (TPSA) is 38.5 Å². The number of benzene rings is 2. The van der Waals surface area contributed by atoms with Gasteiger partial charge < -0.3 is 15.4 Å². The lowest BCUT2D eigenvalue weighted by Crippen LogP contribution is -2.20. The molecule has 2 rings (SSSR count). The summed E-state index contributed by atoms with van der Waals surface area (Å²) in [7, 11) is 2.13. The molecule has 0 saturated carbocycles. The highest BCUT2D eigenvalue weighted by atomic mass is 35.5. The van der Waals surface area contributed by atoms with Gasteiger partial charge in [-0.3, -0.25) is 0 Å². The largest absolute Gasteiger partial charge is 0.492 e. The highest BCUT2D eigenvalue weighted by Crippen LogP contribution is 2.23. The van der Waals surface area contributed by atoms with Crippen molar-refractivity contribution < 1.29 is 4.74 Å². The van der Waals surface area contributed by atoms with Crippen molar-refractivity contribution in [1.82, 2.24) is 4.90 Å². The number of nitrogens with two attached hydrogens (primary N) is 1. The van der Waals surface area contributed by atoms with Gasteiger partial charge in [-0.05, 0) is 49.7 Å². The number of hydrogen-bond acceptors (Lipinski definition) is 3. The van der Waals surface area contributed by atoms with E-state index >= 15 is 0 Å². The molecule has 0 aromatic heterocycles. The molecular formula is C19H27Cl3N2O. The van der Waals surface area contributed by atoms with E-state index in [0.717, 1.165) is 31.7 Å². The van der Waals surface area contributed by atoms with E-state index in [9.17, 15) is 0 Å². The first-order chi connectivity index (χ1) is 11.2. The van der Waals surface area contributed by atoms with Crippen LogP contribution in [0.5, 0.6) is 5.75 Å². The molecule has 0 aliphatic carbocycles. The molecule has 3 nitrogen and oxygen atoms in total. The number of hydrogen-bond donors (Lipinski definition) is 1. The molecular weight excluding hydrogens is 379 g/mol. The van der Waals surface area contributed by atoms with Gasteiger partial charge in [-0.25, -0.2) is 0 Å². The normalized spacial score (nSPS) is 10.1. The van der Waals surface area contributed by atoms with Crippen molar-refractivity contribution in [2.24, 2.45) is 5.73 Å². The molecule has 0 aliphatic rings. The van der Waals surface area contributed by atoms with E-state index in [1.54, 1.807) is 0 Å². The standard InChI is InChI=1S/C19H25ClN2O.2ClH/c1-22(15-17-9-7-16(8-10-17)11-12-21)13-4-14-23-19-6-3-2-5-18(19)20;;/h2-3,5-10H,4,11-15,21H2,1H3;2*1H. The lowest BCUT2D eigenvalue weighted by Gasteiger charge is -2.17. The molecule has 0 aliphatic heterocycles. The van der Waals surface area contributed by atoms with Gasteiger partial charge in [0.2, 0.25) is 0 Å². The lowest BCUT2D eigenvalue weighted by molar-refractivity contribution is 0.259. The van der Waals surface area contributed by atoms with Gasteiger partial charge in [-0.1, -0.05) is 48.0 Å². The number of rotatable bonds is 9. The van der Waals surface area contributed by atoms with Gasteiger partial charge in [0, 0.05) is 13.1 Å². The molecule has 0 bridgehead atoms. The predicted octanol–water partition coefficient (Wildman–Crippen LogP) is 4.59. The molecule has 25 heavy (non-hydrogen) atoms. The highest BCUT2D eigenvalue weighted by Gasteiger charge is 2.03. The van der Waals surface area contributed by atoms with Crippen molar-refractivity contribution in [3.05, 3.63) is 64.7 Å². The number of para-hydroxylation sites is 1. The summed E-state index contributed by atoms with van der Waals surface area (Å²) < 4.78 is 5.71. The van der Waals surface area contributed by atoms with Gasteiger partial charge in [0.05, 0.1) is 11.6 Å². The summed E-state index contributed by atoms with van der Waals surface area (Å²) in [6.07, 6.45) is 1.91. The third kappa shape index (κ3) is 8.80. The van der Waals surface area contributed by atoms with Crippen molar-refractivity contribution >= 4 is 36.4 Å². The van der Waals surface area contributed by atoms with Crippen LogP contribution in [0.4, 0.5) is 0 Å². The summed E-state index contributed by atoms with van der Waals surface area (Å²) in [5.74, 6) is 0.757. The van der Waals surface area contributed by atoms with Gasteiger partial charge in [0.15, 0.2) is 0 Å². The zero-order valence-electron chi connectivity index (χ0n) is 14.5. The number of halogens is 3. The molecule has 0 amide bonds. The quantitative estimate of drug-likeness (QED) is 0.620. The Hall–Kier alpha value is -0.970. The van der Waals surface area contributed by atoms with E-state index in [4.69, 9.17) is 22.1 Å². The Morgan fingerprint density at radius 1 is 1.00 bits per heavy atom. The van der Waals surface area contributed by atoms with Crippen LogP contribution in [-0.4, -0.2) is 31.6 Å². The Morgan fingerprint density at radius 3 is 2.28 bits per heavy atom. The second-order valence-corrected chi connectivity index (χ2v) is 6.13. The highest BCUT2D eigenvalue weighted by molar-refractivity contribution is 6.32. The van der Waals surface area contributed by atoms with Crippen LogP contribution in [0.25, 0.3) is 0 Å². The molecule has 0 atom stereocenters. The van der Waals surface area contributed by atoms with Crippen LogP contribution in [0.1, 0.15) is 17.5 Å². The van der Waals surface area contributed by atoms with Crippen molar-refractivity contribution in [2.75, 3.05) is 26.7 Å². The Balaban J connectivity index is 0.00000288. The molecule has 0 fully saturated rings. The second kappa shape index (κ2) is 13.3. The summed E-state index contributed by atoms with van der Waals surface area (Å²) >= 11 is 6.06. The van der Waals surface area contributed by atoms with Gasteiger partial charge in [-0.15, -0.1) is 24.8 Å². The maximum absolute atomic E-state index is 6.06. The third-order valence-corrected chi connectivity index (χ3v) is 4.00. The molecule has 0 spiro atoms. The first-order valence-electron chi connectivity index (χ1n) is 8.03. The molecule has 0 unspecified atom stereocenters. The van der Waals surface area contributed by atoms with Crippen molar-refractivity contribution in [2.45, 2.75) is 19.4 Å². The van der Waals surface area contributed by atoms with Gasteiger partial charge >= 0.3 is 0 Å². The molecule has 6 heteroatoms. The predicted molar refractivity (Wildman–Crippen MR) is 112 cm³/mol. The Morgan fingerprint density at radius 2 is 1.64 bits per heavy atom. The molecule has 0 heterocycles. The van der Waals surface area contributed by atoms with E-state index in [-0.39, 0.29) is 24.8 Å².